The van der Waals surface area contributed by atoms with E-state index in [1.54, 1.807) is 18.2 Å². The summed E-state index contributed by atoms with van der Waals surface area (Å²) in [6.45, 7) is 0.349. The monoisotopic (exact) mass is 290 g/mol. The van der Waals surface area contributed by atoms with Crippen molar-refractivity contribution in [3.63, 3.8) is 0 Å². The largest absolute Gasteiger partial charge is 0.481 e. The molecule has 1 aromatic carbocycles. The Bertz CT molecular complexity index is 546. The lowest BCUT2D eigenvalue weighted by Gasteiger charge is -2.22. The standard InChI is InChI=1S/C15H18N2O4/c18-13-7-5-11(9-16-13)15(21)17-12-4-2-1-3-10(12)6-8-14(19)20/h1-4,11H,5-9H2,(H,16,18)(H,17,21)(H,19,20). The second-order valence-corrected chi connectivity index (χ2v) is 5.08. The van der Waals surface area contributed by atoms with Gasteiger partial charge in [-0.05, 0) is 24.5 Å². The third-order valence-electron chi connectivity index (χ3n) is 3.52. The number of aliphatic carboxylic acids is 1. The maximum Gasteiger partial charge on any atom is 0.303 e. The van der Waals surface area contributed by atoms with Gasteiger partial charge < -0.3 is 15.7 Å². The summed E-state index contributed by atoms with van der Waals surface area (Å²) in [6, 6.07) is 7.17. The first-order valence-corrected chi connectivity index (χ1v) is 6.93. The molecule has 1 unspecified atom stereocenters. The van der Waals surface area contributed by atoms with E-state index >= 15 is 0 Å². The Hall–Kier alpha value is -2.37. The third kappa shape index (κ3) is 4.30. The van der Waals surface area contributed by atoms with Gasteiger partial charge in [-0.1, -0.05) is 18.2 Å². The van der Waals surface area contributed by atoms with E-state index in [9.17, 15) is 14.4 Å². The highest BCUT2D eigenvalue weighted by Crippen LogP contribution is 2.19. The fourth-order valence-corrected chi connectivity index (χ4v) is 2.29. The number of carbonyl (C=O) groups is 3. The first kappa shape index (κ1) is 15.0. The Kier molecular flexibility index (Phi) is 4.92. The number of rotatable bonds is 5. The number of carboxylic acids is 1. The van der Waals surface area contributed by atoms with E-state index < -0.39 is 5.97 Å². The predicted molar refractivity (Wildman–Crippen MR) is 76.8 cm³/mol. The van der Waals surface area contributed by atoms with Crippen LogP contribution in [0.25, 0.3) is 0 Å². The zero-order valence-electron chi connectivity index (χ0n) is 11.6. The van der Waals surface area contributed by atoms with Crippen LogP contribution in [0.2, 0.25) is 0 Å². The first-order chi connectivity index (χ1) is 10.1. The van der Waals surface area contributed by atoms with E-state index in [2.05, 4.69) is 10.6 Å². The number of benzene rings is 1. The van der Waals surface area contributed by atoms with Crippen LogP contribution in [0.1, 0.15) is 24.8 Å². The number of para-hydroxylation sites is 1. The van der Waals surface area contributed by atoms with Gasteiger partial charge >= 0.3 is 5.97 Å². The Labute approximate surface area is 122 Å². The highest BCUT2D eigenvalue weighted by Gasteiger charge is 2.24. The van der Waals surface area contributed by atoms with Gasteiger partial charge in [0.25, 0.3) is 0 Å². The van der Waals surface area contributed by atoms with Crippen molar-refractivity contribution in [3.8, 4) is 0 Å². The van der Waals surface area contributed by atoms with Crippen molar-refractivity contribution in [3.05, 3.63) is 29.8 Å². The molecule has 0 radical (unpaired) electrons. The zero-order valence-corrected chi connectivity index (χ0v) is 11.6. The van der Waals surface area contributed by atoms with Crippen LogP contribution in [0.3, 0.4) is 0 Å². The van der Waals surface area contributed by atoms with Gasteiger partial charge in [-0.25, -0.2) is 0 Å². The molecule has 6 heteroatoms. The van der Waals surface area contributed by atoms with E-state index in [0.717, 1.165) is 5.56 Å². The summed E-state index contributed by atoms with van der Waals surface area (Å²) in [4.78, 5) is 33.9. The quantitative estimate of drug-likeness (QED) is 0.758. The number of amides is 2. The maximum atomic E-state index is 12.2. The summed E-state index contributed by atoms with van der Waals surface area (Å²) < 4.78 is 0. The van der Waals surface area contributed by atoms with Gasteiger partial charge in [0.05, 0.1) is 5.92 Å². The van der Waals surface area contributed by atoms with Crippen molar-refractivity contribution >= 4 is 23.5 Å². The molecule has 1 aliphatic rings. The number of nitrogens with one attached hydrogen (secondary N) is 2. The van der Waals surface area contributed by atoms with E-state index in [1.807, 2.05) is 6.07 Å². The Morgan fingerprint density at radius 2 is 2.10 bits per heavy atom. The van der Waals surface area contributed by atoms with E-state index in [4.69, 9.17) is 5.11 Å². The summed E-state index contributed by atoms with van der Waals surface area (Å²) in [5.74, 6) is -1.28. The van der Waals surface area contributed by atoms with Gasteiger partial charge in [0.2, 0.25) is 11.8 Å². The highest BCUT2D eigenvalue weighted by molar-refractivity contribution is 5.94. The van der Waals surface area contributed by atoms with Gasteiger partial charge in [-0.2, -0.15) is 0 Å². The van der Waals surface area contributed by atoms with Gasteiger partial charge in [0.15, 0.2) is 0 Å². The van der Waals surface area contributed by atoms with Crippen LogP contribution in [0, 0.1) is 5.92 Å². The summed E-state index contributed by atoms with van der Waals surface area (Å²) in [5, 5.41) is 14.3. The second-order valence-electron chi connectivity index (χ2n) is 5.08. The molecule has 2 amide bonds. The molecule has 1 aliphatic heterocycles. The molecular weight excluding hydrogens is 272 g/mol. The number of piperidine rings is 1. The van der Waals surface area contributed by atoms with Gasteiger partial charge in [-0.3, -0.25) is 14.4 Å². The molecule has 1 heterocycles. The Morgan fingerprint density at radius 3 is 2.76 bits per heavy atom. The number of carbonyl (C=O) groups excluding carboxylic acids is 2. The minimum atomic E-state index is -0.869. The summed E-state index contributed by atoms with van der Waals surface area (Å²) in [5.41, 5.74) is 1.44. The molecule has 0 aliphatic carbocycles. The Morgan fingerprint density at radius 1 is 1.33 bits per heavy atom. The fraction of sp³-hybridized carbons (Fsp3) is 0.400. The minimum Gasteiger partial charge on any atom is -0.481 e. The average Bonchev–Trinajstić information content (AvgIpc) is 2.47. The molecule has 21 heavy (non-hydrogen) atoms. The lowest BCUT2D eigenvalue weighted by atomic mass is 9.98. The average molecular weight is 290 g/mol. The summed E-state index contributed by atoms with van der Waals surface area (Å²) in [6.07, 6.45) is 1.28. The van der Waals surface area contributed by atoms with Crippen LogP contribution < -0.4 is 10.6 Å². The van der Waals surface area contributed by atoms with Crippen molar-refractivity contribution in [1.82, 2.24) is 5.32 Å². The molecule has 112 valence electrons. The van der Waals surface area contributed by atoms with Crippen molar-refractivity contribution in [2.45, 2.75) is 25.7 Å². The third-order valence-corrected chi connectivity index (χ3v) is 3.52. The molecule has 1 saturated heterocycles. The van der Waals surface area contributed by atoms with Crippen molar-refractivity contribution < 1.29 is 19.5 Å². The van der Waals surface area contributed by atoms with Crippen LogP contribution in [0.15, 0.2) is 24.3 Å². The van der Waals surface area contributed by atoms with Crippen LogP contribution in [-0.2, 0) is 20.8 Å². The number of carboxylic acid groups (broad SMARTS) is 1. The van der Waals surface area contributed by atoms with Crippen molar-refractivity contribution in [2.24, 2.45) is 5.92 Å². The molecule has 0 saturated carbocycles. The van der Waals surface area contributed by atoms with Crippen LogP contribution in [-0.4, -0.2) is 29.4 Å². The molecule has 1 fully saturated rings. The number of aryl methyl sites for hydroxylation is 1. The maximum absolute atomic E-state index is 12.2. The van der Waals surface area contributed by atoms with Gasteiger partial charge in [0, 0.05) is 25.1 Å². The second kappa shape index (κ2) is 6.88. The van der Waals surface area contributed by atoms with Crippen molar-refractivity contribution in [1.29, 1.82) is 0 Å². The summed E-state index contributed by atoms with van der Waals surface area (Å²) in [7, 11) is 0. The smallest absolute Gasteiger partial charge is 0.303 e. The van der Waals surface area contributed by atoms with Crippen molar-refractivity contribution in [2.75, 3.05) is 11.9 Å². The molecule has 2 rings (SSSR count). The molecule has 0 spiro atoms. The number of hydrogen-bond donors (Lipinski definition) is 3. The predicted octanol–water partition coefficient (Wildman–Crippen LogP) is 1.17. The molecule has 0 bridgehead atoms. The molecule has 3 N–H and O–H groups in total. The Balaban J connectivity index is 2.00. The molecule has 6 nitrogen and oxygen atoms in total. The highest BCUT2D eigenvalue weighted by atomic mass is 16.4. The van der Waals surface area contributed by atoms with E-state index in [0.29, 0.717) is 31.5 Å². The molecule has 1 aromatic rings. The number of anilines is 1. The lowest BCUT2D eigenvalue weighted by molar-refractivity contribution is -0.137. The van der Waals surface area contributed by atoms with Crippen LogP contribution >= 0.6 is 0 Å². The van der Waals surface area contributed by atoms with E-state index in [1.165, 1.54) is 0 Å². The van der Waals surface area contributed by atoms with Crippen LogP contribution in [0.5, 0.6) is 0 Å². The van der Waals surface area contributed by atoms with Gasteiger partial charge in [-0.15, -0.1) is 0 Å². The lowest BCUT2D eigenvalue weighted by Crippen LogP contribution is -2.40. The number of hydrogen-bond acceptors (Lipinski definition) is 3. The van der Waals surface area contributed by atoms with Crippen LogP contribution in [0.4, 0.5) is 5.69 Å². The fourth-order valence-electron chi connectivity index (χ4n) is 2.29. The summed E-state index contributed by atoms with van der Waals surface area (Å²) >= 11 is 0. The van der Waals surface area contributed by atoms with E-state index in [-0.39, 0.29) is 24.2 Å². The SMILES string of the molecule is O=C(O)CCc1ccccc1NC(=O)C1CCC(=O)NC1. The molecular formula is C15H18N2O4. The zero-order chi connectivity index (χ0) is 15.2. The molecule has 0 aromatic heterocycles. The minimum absolute atomic E-state index is 0.0202. The van der Waals surface area contributed by atoms with Gasteiger partial charge in [0.1, 0.15) is 0 Å². The normalized spacial score (nSPS) is 17.9. The first-order valence-electron chi connectivity index (χ1n) is 6.93. The topological polar surface area (TPSA) is 95.5 Å². The molecule has 1 atom stereocenters.